The lowest BCUT2D eigenvalue weighted by molar-refractivity contribution is 0.302. The smallest absolute Gasteiger partial charge is 0.00672 e. The van der Waals surface area contributed by atoms with Crippen LogP contribution in [0.2, 0.25) is 0 Å². The Bertz CT molecular complexity index is 117. The first kappa shape index (κ1) is 10.0. The normalized spacial score (nSPS) is 25.8. The van der Waals surface area contributed by atoms with Crippen LogP contribution in [0.4, 0.5) is 0 Å². The molecule has 1 heteroatoms. The lowest BCUT2D eigenvalue weighted by Gasteiger charge is -2.27. The Labute approximate surface area is 76.9 Å². The lowest BCUT2D eigenvalue weighted by atomic mass is 9.87. The zero-order chi connectivity index (χ0) is 9.03. The molecule has 1 saturated heterocycles. The van der Waals surface area contributed by atoms with Crippen molar-refractivity contribution in [3.63, 3.8) is 0 Å². The summed E-state index contributed by atoms with van der Waals surface area (Å²) in [6.07, 6.45) is 6.93. The molecule has 0 amide bonds. The van der Waals surface area contributed by atoms with Crippen LogP contribution in [0.25, 0.3) is 0 Å². The zero-order valence-corrected chi connectivity index (χ0v) is 8.82. The Kier molecular flexibility index (Phi) is 3.57. The van der Waals surface area contributed by atoms with E-state index in [0.29, 0.717) is 5.41 Å². The average molecular weight is 169 g/mol. The van der Waals surface area contributed by atoms with Gasteiger partial charge in [0.05, 0.1) is 0 Å². The number of piperidine rings is 1. The van der Waals surface area contributed by atoms with Gasteiger partial charge in [-0.25, -0.2) is 0 Å². The second-order valence-electron chi connectivity index (χ2n) is 5.25. The molecular formula is C11H23N. The summed E-state index contributed by atoms with van der Waals surface area (Å²) in [7, 11) is 0. The minimum Gasteiger partial charge on any atom is -0.314 e. The minimum atomic E-state index is 0.513. The van der Waals surface area contributed by atoms with E-state index in [2.05, 4.69) is 26.1 Å². The first-order valence-electron chi connectivity index (χ1n) is 5.31. The Hall–Kier alpha value is -0.0400. The predicted molar refractivity (Wildman–Crippen MR) is 54.3 cm³/mol. The quantitative estimate of drug-likeness (QED) is 0.670. The van der Waals surface area contributed by atoms with Crippen molar-refractivity contribution in [1.29, 1.82) is 0 Å². The Balaban J connectivity index is 2.13. The van der Waals surface area contributed by atoms with Crippen molar-refractivity contribution in [2.45, 2.75) is 58.9 Å². The molecule has 0 unspecified atom stereocenters. The summed E-state index contributed by atoms with van der Waals surface area (Å²) in [5, 5.41) is 3.59. The number of hydrogen-bond donors (Lipinski definition) is 1. The van der Waals surface area contributed by atoms with Crippen LogP contribution in [0.15, 0.2) is 0 Å². The topological polar surface area (TPSA) is 12.0 Å². The first-order valence-corrected chi connectivity index (χ1v) is 5.31. The van der Waals surface area contributed by atoms with E-state index in [9.17, 15) is 0 Å². The van der Waals surface area contributed by atoms with Crippen LogP contribution in [-0.2, 0) is 0 Å². The van der Waals surface area contributed by atoms with Gasteiger partial charge < -0.3 is 5.32 Å². The van der Waals surface area contributed by atoms with E-state index in [1.54, 1.807) is 0 Å². The van der Waals surface area contributed by atoms with E-state index < -0.39 is 0 Å². The Morgan fingerprint density at radius 2 is 2.00 bits per heavy atom. The number of nitrogens with one attached hydrogen (secondary N) is 1. The monoisotopic (exact) mass is 169 g/mol. The summed E-state index contributed by atoms with van der Waals surface area (Å²) in [5.74, 6) is 0. The molecule has 0 aromatic heterocycles. The molecule has 0 bridgehead atoms. The third kappa shape index (κ3) is 4.10. The van der Waals surface area contributed by atoms with Crippen LogP contribution in [0.3, 0.4) is 0 Å². The fourth-order valence-corrected chi connectivity index (χ4v) is 1.78. The van der Waals surface area contributed by atoms with Crippen LogP contribution >= 0.6 is 0 Å². The SMILES string of the molecule is CC(C)(C)CC[C@H]1CCCCN1. The summed E-state index contributed by atoms with van der Waals surface area (Å²) in [6, 6.07) is 0.818. The van der Waals surface area contributed by atoms with Gasteiger partial charge in [-0.15, -0.1) is 0 Å². The standard InChI is InChI=1S/C11H23N/c1-11(2,3)8-7-10-6-4-5-9-12-10/h10,12H,4-9H2,1-3H3/t10-/m1/s1. The van der Waals surface area contributed by atoms with Crippen LogP contribution < -0.4 is 5.32 Å². The molecule has 0 aromatic rings. The molecule has 1 atom stereocenters. The third-order valence-corrected chi connectivity index (χ3v) is 2.66. The summed E-state index contributed by atoms with van der Waals surface area (Å²) in [6.45, 7) is 8.23. The van der Waals surface area contributed by atoms with Crippen molar-refractivity contribution in [3.8, 4) is 0 Å². The van der Waals surface area contributed by atoms with Crippen molar-refractivity contribution >= 4 is 0 Å². The van der Waals surface area contributed by atoms with Crippen molar-refractivity contribution in [2.75, 3.05) is 6.54 Å². The van der Waals surface area contributed by atoms with Gasteiger partial charge in [-0.2, -0.15) is 0 Å². The molecule has 0 aliphatic carbocycles. The predicted octanol–water partition coefficient (Wildman–Crippen LogP) is 2.95. The Morgan fingerprint density at radius 1 is 1.25 bits per heavy atom. The number of rotatable bonds is 2. The molecule has 1 N–H and O–H groups in total. The summed E-state index contributed by atoms with van der Waals surface area (Å²) < 4.78 is 0. The van der Waals surface area contributed by atoms with Gasteiger partial charge in [-0.3, -0.25) is 0 Å². The average Bonchev–Trinajstić information content (AvgIpc) is 2.02. The highest BCUT2D eigenvalue weighted by Gasteiger charge is 2.16. The van der Waals surface area contributed by atoms with Crippen molar-refractivity contribution in [3.05, 3.63) is 0 Å². The Morgan fingerprint density at radius 3 is 2.50 bits per heavy atom. The van der Waals surface area contributed by atoms with E-state index in [1.165, 1.54) is 38.6 Å². The highest BCUT2D eigenvalue weighted by molar-refractivity contribution is 4.74. The molecule has 1 nitrogen and oxygen atoms in total. The highest BCUT2D eigenvalue weighted by Crippen LogP contribution is 2.23. The first-order chi connectivity index (χ1) is 5.58. The van der Waals surface area contributed by atoms with E-state index in [4.69, 9.17) is 0 Å². The number of hydrogen-bond acceptors (Lipinski definition) is 1. The molecule has 72 valence electrons. The maximum Gasteiger partial charge on any atom is 0.00672 e. The summed E-state index contributed by atoms with van der Waals surface area (Å²) >= 11 is 0. The molecule has 1 rings (SSSR count). The third-order valence-electron chi connectivity index (χ3n) is 2.66. The maximum absolute atomic E-state index is 3.59. The molecule has 0 spiro atoms. The molecule has 1 heterocycles. The van der Waals surface area contributed by atoms with Crippen molar-refractivity contribution in [1.82, 2.24) is 5.32 Å². The van der Waals surface area contributed by atoms with Crippen LogP contribution in [0, 0.1) is 5.41 Å². The molecule has 0 saturated carbocycles. The van der Waals surface area contributed by atoms with Gasteiger partial charge in [0.1, 0.15) is 0 Å². The van der Waals surface area contributed by atoms with Crippen molar-refractivity contribution < 1.29 is 0 Å². The fourth-order valence-electron chi connectivity index (χ4n) is 1.78. The molecule has 1 aliphatic rings. The minimum absolute atomic E-state index is 0.513. The second-order valence-corrected chi connectivity index (χ2v) is 5.25. The van der Waals surface area contributed by atoms with Gasteiger partial charge in [0.25, 0.3) is 0 Å². The molecule has 1 aliphatic heterocycles. The molecule has 12 heavy (non-hydrogen) atoms. The van der Waals surface area contributed by atoms with Gasteiger partial charge in [0.15, 0.2) is 0 Å². The van der Waals surface area contributed by atoms with Gasteiger partial charge in [0, 0.05) is 6.04 Å². The van der Waals surface area contributed by atoms with E-state index in [0.717, 1.165) is 6.04 Å². The zero-order valence-electron chi connectivity index (χ0n) is 8.82. The molecular weight excluding hydrogens is 146 g/mol. The van der Waals surface area contributed by atoms with Crippen LogP contribution in [-0.4, -0.2) is 12.6 Å². The van der Waals surface area contributed by atoms with Crippen LogP contribution in [0.5, 0.6) is 0 Å². The van der Waals surface area contributed by atoms with Gasteiger partial charge in [0.2, 0.25) is 0 Å². The van der Waals surface area contributed by atoms with Gasteiger partial charge in [-0.05, 0) is 37.6 Å². The van der Waals surface area contributed by atoms with E-state index in [-0.39, 0.29) is 0 Å². The summed E-state index contributed by atoms with van der Waals surface area (Å²) in [5.41, 5.74) is 0.513. The summed E-state index contributed by atoms with van der Waals surface area (Å²) in [4.78, 5) is 0. The fraction of sp³-hybridized carbons (Fsp3) is 1.00. The highest BCUT2D eigenvalue weighted by atomic mass is 14.9. The van der Waals surface area contributed by atoms with E-state index >= 15 is 0 Å². The van der Waals surface area contributed by atoms with Gasteiger partial charge in [-0.1, -0.05) is 27.2 Å². The lowest BCUT2D eigenvalue weighted by Crippen LogP contribution is -2.34. The maximum atomic E-state index is 3.59. The van der Waals surface area contributed by atoms with Crippen molar-refractivity contribution in [2.24, 2.45) is 5.41 Å². The second kappa shape index (κ2) is 4.27. The van der Waals surface area contributed by atoms with Crippen LogP contribution in [0.1, 0.15) is 52.9 Å². The molecule has 1 fully saturated rings. The molecule has 0 radical (unpaired) electrons. The van der Waals surface area contributed by atoms with Gasteiger partial charge >= 0.3 is 0 Å². The van der Waals surface area contributed by atoms with E-state index in [1.807, 2.05) is 0 Å². The largest absolute Gasteiger partial charge is 0.314 e. The molecule has 0 aromatic carbocycles.